The predicted molar refractivity (Wildman–Crippen MR) is 188 cm³/mol. The Labute approximate surface area is 263 Å². The fraction of sp³-hybridized carbons (Fsp3) is 0.100. The van der Waals surface area contributed by atoms with E-state index in [9.17, 15) is 0 Å². The van der Waals surface area contributed by atoms with E-state index in [1.807, 2.05) is 0 Å². The van der Waals surface area contributed by atoms with Crippen LogP contribution in [-0.2, 0) is 10.1 Å². The molecule has 1 aliphatic heterocycles. The van der Waals surface area contributed by atoms with E-state index in [0.29, 0.717) is 6.61 Å². The van der Waals surface area contributed by atoms with Gasteiger partial charge in [0.05, 0.1) is 20.3 Å². The van der Waals surface area contributed by atoms with Gasteiger partial charge in [0.25, 0.3) is 0 Å². The summed E-state index contributed by atoms with van der Waals surface area (Å²) in [7, 11) is -1.86. The third-order valence-corrected chi connectivity index (χ3v) is 13.0. The van der Waals surface area contributed by atoms with Crippen molar-refractivity contribution < 1.29 is 4.52 Å². The van der Waals surface area contributed by atoms with E-state index in [2.05, 4.69) is 187 Å². The molecule has 0 N–H and O–H groups in total. The molecular formula is C40H35NOP2. The first-order valence-corrected chi connectivity index (χ1v) is 17.7. The van der Waals surface area contributed by atoms with Gasteiger partial charge in [-0.1, -0.05) is 182 Å². The number of nitrogens with zero attached hydrogens (tertiary/aromatic N) is 1. The molecule has 0 saturated carbocycles. The maximum Gasteiger partial charge on any atom is 0.0918 e. The number of hydrogen-bond donors (Lipinski definition) is 0. The normalized spacial score (nSPS) is 18.3. The van der Waals surface area contributed by atoms with Gasteiger partial charge in [-0.15, -0.1) is 0 Å². The second kappa shape index (κ2) is 13.4. The van der Waals surface area contributed by atoms with Gasteiger partial charge in [0.1, 0.15) is 0 Å². The Morgan fingerprint density at radius 1 is 0.500 bits per heavy atom. The van der Waals surface area contributed by atoms with Crippen LogP contribution in [0.5, 0.6) is 0 Å². The van der Waals surface area contributed by atoms with Gasteiger partial charge in [0.2, 0.25) is 0 Å². The lowest BCUT2D eigenvalue weighted by Crippen LogP contribution is -2.64. The van der Waals surface area contributed by atoms with E-state index in [4.69, 9.17) is 4.52 Å². The summed E-state index contributed by atoms with van der Waals surface area (Å²) in [5, 5.41) is 5.17. The van der Waals surface area contributed by atoms with Crippen LogP contribution in [-0.4, -0.2) is 17.8 Å². The fourth-order valence-corrected chi connectivity index (χ4v) is 10.9. The standard InChI is InChI=1S/C40H35NOP2/c1-7-19-33(20-8-1)39-31-41(43(35-23-11-3-12-24-35)36-25-13-4-14-26-36)40(39,34-21-9-2-10-22-34)32-42-44(37-27-15-5-16-28-37)38-29-17-6-18-30-38/h1-30,39H,31-32H2/t39?,40-/m1/s1. The Morgan fingerprint density at radius 2 is 0.886 bits per heavy atom. The Morgan fingerprint density at radius 3 is 1.34 bits per heavy atom. The van der Waals surface area contributed by atoms with Crippen LogP contribution in [0.4, 0.5) is 0 Å². The number of benzene rings is 6. The Bertz CT molecular complexity index is 1660. The molecule has 1 fully saturated rings. The summed E-state index contributed by atoms with van der Waals surface area (Å²) in [4.78, 5) is 0. The highest BCUT2D eigenvalue weighted by Gasteiger charge is 2.58. The lowest BCUT2D eigenvalue weighted by atomic mass is 9.69. The summed E-state index contributed by atoms with van der Waals surface area (Å²) in [6, 6.07) is 65.8. The summed E-state index contributed by atoms with van der Waals surface area (Å²) >= 11 is 0. The molecule has 6 aromatic rings. The second-order valence-electron chi connectivity index (χ2n) is 11.1. The number of rotatable bonds is 10. The van der Waals surface area contributed by atoms with Crippen molar-refractivity contribution in [1.82, 2.24) is 4.67 Å². The van der Waals surface area contributed by atoms with Gasteiger partial charge < -0.3 is 4.52 Å². The minimum absolute atomic E-state index is 0.270. The van der Waals surface area contributed by atoms with Crippen LogP contribution in [0, 0.1) is 0 Å². The molecule has 0 aliphatic carbocycles. The smallest absolute Gasteiger partial charge is 0.0918 e. The van der Waals surface area contributed by atoms with Crippen LogP contribution in [0.25, 0.3) is 0 Å². The molecule has 0 radical (unpaired) electrons. The largest absolute Gasteiger partial charge is 0.347 e. The summed E-state index contributed by atoms with van der Waals surface area (Å²) in [6.45, 7) is 1.52. The van der Waals surface area contributed by atoms with E-state index in [1.165, 1.54) is 32.3 Å². The maximum atomic E-state index is 7.31. The van der Waals surface area contributed by atoms with Crippen molar-refractivity contribution in [3.8, 4) is 0 Å². The van der Waals surface area contributed by atoms with Crippen LogP contribution < -0.4 is 21.2 Å². The first-order valence-electron chi connectivity index (χ1n) is 15.2. The van der Waals surface area contributed by atoms with E-state index < -0.39 is 16.2 Å². The lowest BCUT2D eigenvalue weighted by molar-refractivity contribution is -0.00138. The van der Waals surface area contributed by atoms with Gasteiger partial charge in [-0.3, -0.25) is 4.67 Å². The summed E-state index contributed by atoms with van der Waals surface area (Å²) < 4.78 is 10.1. The maximum absolute atomic E-state index is 7.31. The molecule has 4 heteroatoms. The molecule has 2 nitrogen and oxygen atoms in total. The van der Waals surface area contributed by atoms with Crippen molar-refractivity contribution in [3.05, 3.63) is 193 Å². The van der Waals surface area contributed by atoms with Gasteiger partial charge in [-0.25, -0.2) is 0 Å². The molecule has 6 aromatic carbocycles. The summed E-state index contributed by atoms with van der Waals surface area (Å²) in [5.41, 5.74) is 2.29. The van der Waals surface area contributed by atoms with Crippen molar-refractivity contribution in [2.45, 2.75) is 11.5 Å². The van der Waals surface area contributed by atoms with E-state index in [0.717, 1.165) is 6.54 Å². The molecule has 0 bridgehead atoms. The van der Waals surface area contributed by atoms with Crippen LogP contribution in [0.2, 0.25) is 0 Å². The SMILES string of the molecule is c1ccc(C2CN(P(c3ccccc3)c3ccccc3)[C@]2(COP(c2ccccc2)c2ccccc2)c2ccccc2)cc1. The van der Waals surface area contributed by atoms with Gasteiger partial charge in [-0.2, -0.15) is 0 Å². The van der Waals surface area contributed by atoms with Gasteiger partial charge >= 0.3 is 0 Å². The van der Waals surface area contributed by atoms with Crippen LogP contribution in [0.15, 0.2) is 182 Å². The Kier molecular flexibility index (Phi) is 8.78. The highest BCUT2D eigenvalue weighted by molar-refractivity contribution is 7.71. The molecule has 0 aromatic heterocycles. The highest BCUT2D eigenvalue weighted by Crippen LogP contribution is 2.62. The minimum Gasteiger partial charge on any atom is -0.347 e. The van der Waals surface area contributed by atoms with Crippen molar-refractivity contribution in [1.29, 1.82) is 0 Å². The van der Waals surface area contributed by atoms with Crippen molar-refractivity contribution >= 4 is 37.4 Å². The molecule has 2 atom stereocenters. The molecule has 1 saturated heterocycles. The quantitative estimate of drug-likeness (QED) is 0.146. The van der Waals surface area contributed by atoms with Gasteiger partial charge in [-0.05, 0) is 21.7 Å². The van der Waals surface area contributed by atoms with E-state index >= 15 is 0 Å². The van der Waals surface area contributed by atoms with Crippen molar-refractivity contribution in [2.75, 3.05) is 13.2 Å². The van der Waals surface area contributed by atoms with Crippen LogP contribution >= 0.6 is 16.2 Å². The van der Waals surface area contributed by atoms with Crippen LogP contribution in [0.3, 0.4) is 0 Å². The molecule has 1 aliphatic rings. The minimum atomic E-state index is -1.03. The third-order valence-electron chi connectivity index (χ3n) is 8.51. The highest BCUT2D eigenvalue weighted by atomic mass is 31.1. The molecule has 1 unspecified atom stereocenters. The molecular weight excluding hydrogens is 572 g/mol. The summed E-state index contributed by atoms with van der Waals surface area (Å²) in [5.74, 6) is 0.270. The van der Waals surface area contributed by atoms with Crippen LogP contribution in [0.1, 0.15) is 17.0 Å². The second-order valence-corrected chi connectivity index (χ2v) is 15.1. The Hall–Kier alpha value is -3.90. The van der Waals surface area contributed by atoms with Gasteiger partial charge in [0, 0.05) is 31.1 Å². The molecule has 0 amide bonds. The van der Waals surface area contributed by atoms with E-state index in [1.54, 1.807) is 0 Å². The molecule has 7 rings (SSSR count). The molecule has 44 heavy (non-hydrogen) atoms. The topological polar surface area (TPSA) is 12.5 Å². The number of hydrogen-bond acceptors (Lipinski definition) is 2. The first-order chi connectivity index (χ1) is 21.8. The summed E-state index contributed by atoms with van der Waals surface area (Å²) in [6.07, 6.45) is 0. The van der Waals surface area contributed by atoms with Crippen molar-refractivity contribution in [3.63, 3.8) is 0 Å². The van der Waals surface area contributed by atoms with Gasteiger partial charge in [0.15, 0.2) is 0 Å². The molecule has 1 heterocycles. The molecule has 0 spiro atoms. The zero-order valence-electron chi connectivity index (χ0n) is 24.6. The third kappa shape index (κ3) is 5.68. The zero-order valence-corrected chi connectivity index (χ0v) is 26.4. The lowest BCUT2D eigenvalue weighted by Gasteiger charge is -2.61. The molecule has 216 valence electrons. The first kappa shape index (κ1) is 28.8. The van der Waals surface area contributed by atoms with Crippen molar-refractivity contribution in [2.24, 2.45) is 0 Å². The predicted octanol–water partition coefficient (Wildman–Crippen LogP) is 8.09. The monoisotopic (exact) mass is 607 g/mol. The zero-order chi connectivity index (χ0) is 29.6. The average Bonchev–Trinajstić information content (AvgIpc) is 3.10. The average molecular weight is 608 g/mol. The fourth-order valence-electron chi connectivity index (χ4n) is 6.37. The Balaban J connectivity index is 1.39. The van der Waals surface area contributed by atoms with E-state index in [-0.39, 0.29) is 11.5 Å².